The largest absolute Gasteiger partial charge is 0.395 e. The molecule has 0 radical (unpaired) electrons. The maximum atomic E-state index is 11.0. The van der Waals surface area contributed by atoms with Crippen molar-refractivity contribution in [1.29, 1.82) is 0 Å². The van der Waals surface area contributed by atoms with Crippen molar-refractivity contribution in [3.8, 4) is 0 Å². The van der Waals surface area contributed by atoms with Crippen LogP contribution in [0, 0.1) is 0 Å². The van der Waals surface area contributed by atoms with Crippen LogP contribution in [0.25, 0.3) is 0 Å². The first-order valence-electron chi connectivity index (χ1n) is 4.78. The van der Waals surface area contributed by atoms with Crippen LogP contribution in [0.3, 0.4) is 0 Å². The summed E-state index contributed by atoms with van der Waals surface area (Å²) in [5.74, 6) is -0.233. The summed E-state index contributed by atoms with van der Waals surface area (Å²) in [7, 11) is -3.28. The molecule has 0 fully saturated rings. The van der Waals surface area contributed by atoms with Gasteiger partial charge in [0.25, 0.3) is 0 Å². The van der Waals surface area contributed by atoms with E-state index in [1.807, 2.05) is 6.92 Å². The van der Waals surface area contributed by atoms with Gasteiger partial charge in [-0.3, -0.25) is 0 Å². The van der Waals surface area contributed by atoms with Gasteiger partial charge in [0.05, 0.1) is 12.4 Å². The summed E-state index contributed by atoms with van der Waals surface area (Å²) < 4.78 is 29.6. The molecule has 0 aliphatic carbocycles. The molecular formula is C8H19NO4S. The second-order valence-electron chi connectivity index (χ2n) is 2.90. The van der Waals surface area contributed by atoms with Gasteiger partial charge in [-0.25, -0.2) is 13.1 Å². The van der Waals surface area contributed by atoms with Crippen molar-refractivity contribution in [2.75, 3.05) is 32.1 Å². The van der Waals surface area contributed by atoms with Gasteiger partial charge in [-0.15, -0.1) is 0 Å². The summed E-state index contributed by atoms with van der Waals surface area (Å²) in [6.45, 7) is 3.32. The maximum absolute atomic E-state index is 11.0. The Morgan fingerprint density at radius 2 is 2.07 bits per heavy atom. The number of nitrogens with one attached hydrogen (secondary N) is 1. The van der Waals surface area contributed by atoms with E-state index in [1.54, 1.807) is 0 Å². The summed E-state index contributed by atoms with van der Waals surface area (Å²) in [4.78, 5) is 0. The minimum atomic E-state index is -3.28. The third-order valence-corrected chi connectivity index (χ3v) is 2.86. The van der Waals surface area contributed by atoms with Crippen molar-refractivity contribution in [3.05, 3.63) is 0 Å². The quantitative estimate of drug-likeness (QED) is 0.529. The summed E-state index contributed by atoms with van der Waals surface area (Å²) in [5, 5.41) is 8.43. The highest BCUT2D eigenvalue weighted by Crippen LogP contribution is 1.87. The molecular weight excluding hydrogens is 206 g/mol. The van der Waals surface area contributed by atoms with E-state index >= 15 is 0 Å². The van der Waals surface area contributed by atoms with Crippen LogP contribution in [0.5, 0.6) is 0 Å². The van der Waals surface area contributed by atoms with Crippen LogP contribution >= 0.6 is 0 Å². The molecule has 0 rings (SSSR count). The van der Waals surface area contributed by atoms with Gasteiger partial charge in [-0.05, 0) is 12.8 Å². The number of ether oxygens (including phenoxy) is 1. The number of hydrogen-bond donors (Lipinski definition) is 2. The molecule has 0 aliphatic rings. The number of aliphatic hydroxyl groups excluding tert-OH is 1. The molecule has 6 heteroatoms. The SMILES string of the molecule is CCCOCCCNS(=O)(=O)CCO. The number of aliphatic hydroxyl groups is 1. The van der Waals surface area contributed by atoms with Crippen LogP contribution in [0.15, 0.2) is 0 Å². The van der Waals surface area contributed by atoms with E-state index in [-0.39, 0.29) is 12.4 Å². The van der Waals surface area contributed by atoms with Crippen molar-refractivity contribution in [2.45, 2.75) is 19.8 Å². The highest BCUT2D eigenvalue weighted by Gasteiger charge is 2.06. The zero-order valence-corrected chi connectivity index (χ0v) is 9.35. The van der Waals surface area contributed by atoms with E-state index in [0.717, 1.165) is 6.42 Å². The number of sulfonamides is 1. The average Bonchev–Trinajstić information content (AvgIpc) is 2.11. The van der Waals surface area contributed by atoms with Gasteiger partial charge < -0.3 is 9.84 Å². The van der Waals surface area contributed by atoms with Crippen LogP contribution in [-0.2, 0) is 14.8 Å². The standard InChI is InChI=1S/C8H19NO4S/c1-2-6-13-7-3-4-9-14(11,12)8-5-10/h9-10H,2-8H2,1H3. The minimum Gasteiger partial charge on any atom is -0.395 e. The monoisotopic (exact) mass is 225 g/mol. The molecule has 0 aromatic rings. The molecule has 0 bridgehead atoms. The molecule has 0 saturated carbocycles. The topological polar surface area (TPSA) is 75.6 Å². The zero-order chi connectivity index (χ0) is 10.9. The first-order valence-corrected chi connectivity index (χ1v) is 6.43. The van der Waals surface area contributed by atoms with Crippen molar-refractivity contribution >= 4 is 10.0 Å². The lowest BCUT2D eigenvalue weighted by molar-refractivity contribution is 0.133. The predicted molar refractivity (Wildman–Crippen MR) is 54.6 cm³/mol. The van der Waals surface area contributed by atoms with Crippen LogP contribution in [0.2, 0.25) is 0 Å². The first kappa shape index (κ1) is 13.8. The van der Waals surface area contributed by atoms with E-state index in [2.05, 4.69) is 4.72 Å². The summed E-state index contributed by atoms with van der Waals surface area (Å²) in [6.07, 6.45) is 1.63. The van der Waals surface area contributed by atoms with E-state index in [9.17, 15) is 8.42 Å². The summed E-state index contributed by atoms with van der Waals surface area (Å²) >= 11 is 0. The molecule has 2 N–H and O–H groups in total. The summed E-state index contributed by atoms with van der Waals surface area (Å²) in [5.41, 5.74) is 0. The highest BCUT2D eigenvalue weighted by atomic mass is 32.2. The van der Waals surface area contributed by atoms with E-state index in [0.29, 0.717) is 26.2 Å². The zero-order valence-electron chi connectivity index (χ0n) is 8.53. The Labute approximate surface area is 85.5 Å². The highest BCUT2D eigenvalue weighted by molar-refractivity contribution is 7.89. The number of hydrogen-bond acceptors (Lipinski definition) is 4. The van der Waals surface area contributed by atoms with Gasteiger partial charge in [-0.1, -0.05) is 6.92 Å². The molecule has 0 amide bonds. The Morgan fingerprint density at radius 1 is 1.36 bits per heavy atom. The molecule has 86 valence electrons. The van der Waals surface area contributed by atoms with Crippen LogP contribution in [0.1, 0.15) is 19.8 Å². The van der Waals surface area contributed by atoms with Crippen molar-refractivity contribution in [3.63, 3.8) is 0 Å². The molecule has 0 aliphatic heterocycles. The minimum absolute atomic E-state index is 0.233. The second kappa shape index (κ2) is 8.16. The molecule has 0 spiro atoms. The van der Waals surface area contributed by atoms with E-state index in [1.165, 1.54) is 0 Å². The Balaban J connectivity index is 3.35. The predicted octanol–water partition coefficient (Wildman–Crippen LogP) is -0.285. The fourth-order valence-corrected chi connectivity index (χ4v) is 1.68. The van der Waals surface area contributed by atoms with Crippen LogP contribution < -0.4 is 4.72 Å². The molecule has 0 aromatic heterocycles. The lowest BCUT2D eigenvalue weighted by Crippen LogP contribution is -2.29. The Morgan fingerprint density at radius 3 is 2.64 bits per heavy atom. The fourth-order valence-electron chi connectivity index (χ4n) is 0.841. The first-order chi connectivity index (χ1) is 6.62. The molecule has 0 aromatic carbocycles. The molecule has 5 nitrogen and oxygen atoms in total. The van der Waals surface area contributed by atoms with E-state index < -0.39 is 10.0 Å². The fraction of sp³-hybridized carbons (Fsp3) is 1.00. The third kappa shape index (κ3) is 8.43. The Bertz CT molecular complexity index is 215. The smallest absolute Gasteiger partial charge is 0.213 e. The van der Waals surface area contributed by atoms with Gasteiger partial charge in [-0.2, -0.15) is 0 Å². The maximum Gasteiger partial charge on any atom is 0.213 e. The summed E-state index contributed by atoms with van der Waals surface area (Å²) in [6, 6.07) is 0. The normalized spacial score (nSPS) is 11.9. The third-order valence-electron chi connectivity index (χ3n) is 1.50. The molecule has 0 heterocycles. The van der Waals surface area contributed by atoms with Gasteiger partial charge in [0.2, 0.25) is 10.0 Å². The van der Waals surface area contributed by atoms with Gasteiger partial charge >= 0.3 is 0 Å². The Hall–Kier alpha value is -0.170. The van der Waals surface area contributed by atoms with Crippen LogP contribution in [0.4, 0.5) is 0 Å². The lowest BCUT2D eigenvalue weighted by atomic mass is 10.4. The molecule has 0 unspecified atom stereocenters. The van der Waals surface area contributed by atoms with Gasteiger partial charge in [0, 0.05) is 19.8 Å². The molecule has 0 saturated heterocycles. The molecule has 0 atom stereocenters. The van der Waals surface area contributed by atoms with Crippen LogP contribution in [-0.4, -0.2) is 45.6 Å². The van der Waals surface area contributed by atoms with Crippen molar-refractivity contribution in [2.24, 2.45) is 0 Å². The Kier molecular flexibility index (Phi) is 8.07. The van der Waals surface area contributed by atoms with Crippen molar-refractivity contribution in [1.82, 2.24) is 4.72 Å². The average molecular weight is 225 g/mol. The lowest BCUT2D eigenvalue weighted by Gasteiger charge is -2.05. The van der Waals surface area contributed by atoms with Gasteiger partial charge in [0.15, 0.2) is 0 Å². The van der Waals surface area contributed by atoms with E-state index in [4.69, 9.17) is 9.84 Å². The number of rotatable bonds is 9. The van der Waals surface area contributed by atoms with Gasteiger partial charge in [0.1, 0.15) is 0 Å². The second-order valence-corrected chi connectivity index (χ2v) is 4.83. The van der Waals surface area contributed by atoms with Crippen molar-refractivity contribution < 1.29 is 18.3 Å². The molecule has 14 heavy (non-hydrogen) atoms.